The Morgan fingerprint density at radius 2 is 1.68 bits per heavy atom. The van der Waals surface area contributed by atoms with Gasteiger partial charge in [-0.05, 0) is 35.4 Å². The van der Waals surface area contributed by atoms with Crippen LogP contribution in [0.2, 0.25) is 5.02 Å². The maximum Gasteiger partial charge on any atom is 0.137 e. The van der Waals surface area contributed by atoms with Crippen LogP contribution >= 0.6 is 11.6 Å². The molecule has 0 spiro atoms. The van der Waals surface area contributed by atoms with Crippen molar-refractivity contribution < 1.29 is 9.84 Å². The molecule has 0 fully saturated rings. The van der Waals surface area contributed by atoms with Crippen LogP contribution in [0.3, 0.4) is 0 Å². The molecule has 19 heavy (non-hydrogen) atoms. The minimum atomic E-state index is 0.283. The molecular formula is C15H16ClNO2. The lowest BCUT2D eigenvalue weighted by Gasteiger charge is -2.08. The Morgan fingerprint density at radius 3 is 2.32 bits per heavy atom. The zero-order valence-electron chi connectivity index (χ0n) is 10.7. The van der Waals surface area contributed by atoms with E-state index < -0.39 is 0 Å². The van der Waals surface area contributed by atoms with Crippen molar-refractivity contribution in [2.75, 3.05) is 7.11 Å². The predicted octanol–water partition coefficient (Wildman–Crippen LogP) is 3.34. The van der Waals surface area contributed by atoms with E-state index in [4.69, 9.17) is 16.3 Å². The van der Waals surface area contributed by atoms with Gasteiger partial charge in [0, 0.05) is 13.1 Å². The van der Waals surface area contributed by atoms with Gasteiger partial charge in [-0.3, -0.25) is 0 Å². The summed E-state index contributed by atoms with van der Waals surface area (Å²) < 4.78 is 5.11. The summed E-state index contributed by atoms with van der Waals surface area (Å²) in [5.74, 6) is 0.967. The van der Waals surface area contributed by atoms with Crippen molar-refractivity contribution in [2.24, 2.45) is 0 Å². The number of ether oxygens (including phenoxy) is 1. The van der Waals surface area contributed by atoms with Gasteiger partial charge in [-0.25, -0.2) is 0 Å². The van der Waals surface area contributed by atoms with Crippen LogP contribution in [-0.2, 0) is 13.1 Å². The van der Waals surface area contributed by atoms with Crippen molar-refractivity contribution in [1.82, 2.24) is 5.32 Å². The number of phenolic OH excluding ortho intramolecular Hbond substituents is 1. The SMILES string of the molecule is COc1ccc(CNCc2ccc(O)cc2)cc1Cl. The second-order valence-electron chi connectivity index (χ2n) is 4.24. The molecule has 0 saturated heterocycles. The van der Waals surface area contributed by atoms with Gasteiger partial charge >= 0.3 is 0 Å². The van der Waals surface area contributed by atoms with Crippen LogP contribution < -0.4 is 10.1 Å². The Hall–Kier alpha value is -1.71. The summed E-state index contributed by atoms with van der Waals surface area (Å²) in [4.78, 5) is 0. The molecule has 2 N–H and O–H groups in total. The third-order valence-electron chi connectivity index (χ3n) is 2.81. The molecule has 0 aliphatic carbocycles. The average molecular weight is 278 g/mol. The largest absolute Gasteiger partial charge is 0.508 e. The molecule has 2 rings (SSSR count). The standard InChI is InChI=1S/C15H16ClNO2/c1-19-15-7-4-12(8-14(15)16)10-17-9-11-2-5-13(18)6-3-11/h2-8,17-18H,9-10H2,1H3. The summed E-state index contributed by atoms with van der Waals surface area (Å²) in [5.41, 5.74) is 2.22. The highest BCUT2D eigenvalue weighted by molar-refractivity contribution is 6.32. The lowest BCUT2D eigenvalue weighted by Crippen LogP contribution is -2.12. The smallest absolute Gasteiger partial charge is 0.137 e. The van der Waals surface area contributed by atoms with Crippen molar-refractivity contribution in [3.8, 4) is 11.5 Å². The first kappa shape index (κ1) is 13.7. The number of benzene rings is 2. The summed E-state index contributed by atoms with van der Waals surface area (Å²) in [6.07, 6.45) is 0. The van der Waals surface area contributed by atoms with Gasteiger partial charge in [0.25, 0.3) is 0 Å². The Labute approximate surface area is 117 Å². The van der Waals surface area contributed by atoms with Crippen LogP contribution in [0.5, 0.6) is 11.5 Å². The number of halogens is 1. The summed E-state index contributed by atoms with van der Waals surface area (Å²) in [6, 6.07) is 12.9. The quantitative estimate of drug-likeness (QED) is 0.881. The van der Waals surface area contributed by atoms with Crippen molar-refractivity contribution in [1.29, 1.82) is 0 Å². The summed E-state index contributed by atoms with van der Waals surface area (Å²) in [5, 5.41) is 13.1. The Kier molecular flexibility index (Phi) is 4.66. The highest BCUT2D eigenvalue weighted by atomic mass is 35.5. The molecule has 0 aromatic heterocycles. The van der Waals surface area contributed by atoms with Gasteiger partial charge in [-0.2, -0.15) is 0 Å². The van der Waals surface area contributed by atoms with E-state index in [0.29, 0.717) is 10.8 Å². The van der Waals surface area contributed by atoms with Gasteiger partial charge in [0.2, 0.25) is 0 Å². The number of rotatable bonds is 5. The molecule has 0 radical (unpaired) electrons. The maximum atomic E-state index is 9.19. The fourth-order valence-electron chi connectivity index (χ4n) is 1.78. The number of nitrogens with one attached hydrogen (secondary N) is 1. The van der Waals surface area contributed by atoms with E-state index in [-0.39, 0.29) is 5.75 Å². The van der Waals surface area contributed by atoms with Crippen molar-refractivity contribution in [3.05, 3.63) is 58.6 Å². The van der Waals surface area contributed by atoms with Crippen molar-refractivity contribution in [3.63, 3.8) is 0 Å². The third-order valence-corrected chi connectivity index (χ3v) is 3.11. The molecule has 0 aliphatic heterocycles. The first-order chi connectivity index (χ1) is 9.19. The zero-order chi connectivity index (χ0) is 13.7. The molecule has 0 aliphatic rings. The van der Waals surface area contributed by atoms with Crippen LogP contribution in [0.1, 0.15) is 11.1 Å². The second-order valence-corrected chi connectivity index (χ2v) is 4.65. The number of hydrogen-bond acceptors (Lipinski definition) is 3. The normalized spacial score (nSPS) is 10.4. The van der Waals surface area contributed by atoms with Crippen LogP contribution in [0, 0.1) is 0 Å². The molecule has 0 unspecified atom stereocenters. The number of aromatic hydroxyl groups is 1. The van der Waals surface area contributed by atoms with E-state index in [1.165, 1.54) is 0 Å². The fourth-order valence-corrected chi connectivity index (χ4v) is 2.07. The van der Waals surface area contributed by atoms with Gasteiger partial charge < -0.3 is 15.2 Å². The molecule has 0 atom stereocenters. The highest BCUT2D eigenvalue weighted by Crippen LogP contribution is 2.24. The van der Waals surface area contributed by atoms with Crippen molar-refractivity contribution >= 4 is 11.6 Å². The molecular weight excluding hydrogens is 262 g/mol. The van der Waals surface area contributed by atoms with E-state index in [0.717, 1.165) is 24.2 Å². The molecule has 100 valence electrons. The first-order valence-corrected chi connectivity index (χ1v) is 6.38. The van der Waals surface area contributed by atoms with Crippen LogP contribution in [0.15, 0.2) is 42.5 Å². The minimum absolute atomic E-state index is 0.283. The van der Waals surface area contributed by atoms with E-state index in [1.54, 1.807) is 19.2 Å². The van der Waals surface area contributed by atoms with Crippen LogP contribution in [-0.4, -0.2) is 12.2 Å². The molecule has 0 bridgehead atoms. The monoisotopic (exact) mass is 277 g/mol. The molecule has 0 saturated carbocycles. The highest BCUT2D eigenvalue weighted by Gasteiger charge is 2.01. The minimum Gasteiger partial charge on any atom is -0.508 e. The Balaban J connectivity index is 1.88. The van der Waals surface area contributed by atoms with E-state index in [2.05, 4.69) is 5.32 Å². The lowest BCUT2D eigenvalue weighted by atomic mass is 10.2. The molecule has 2 aromatic carbocycles. The molecule has 3 nitrogen and oxygen atoms in total. The predicted molar refractivity (Wildman–Crippen MR) is 76.7 cm³/mol. The van der Waals surface area contributed by atoms with E-state index in [9.17, 15) is 5.11 Å². The Morgan fingerprint density at radius 1 is 1.05 bits per heavy atom. The van der Waals surface area contributed by atoms with Gasteiger partial charge in [-0.1, -0.05) is 29.8 Å². The maximum absolute atomic E-state index is 9.19. The molecule has 2 aromatic rings. The lowest BCUT2D eigenvalue weighted by molar-refractivity contribution is 0.415. The summed E-state index contributed by atoms with van der Waals surface area (Å²) >= 11 is 6.06. The topological polar surface area (TPSA) is 41.5 Å². The summed E-state index contributed by atoms with van der Waals surface area (Å²) in [6.45, 7) is 1.47. The number of phenols is 1. The van der Waals surface area contributed by atoms with Gasteiger partial charge in [-0.15, -0.1) is 0 Å². The fraction of sp³-hybridized carbons (Fsp3) is 0.200. The summed E-state index contributed by atoms with van der Waals surface area (Å²) in [7, 11) is 1.60. The molecule has 4 heteroatoms. The zero-order valence-corrected chi connectivity index (χ0v) is 11.4. The first-order valence-electron chi connectivity index (χ1n) is 6.00. The van der Waals surface area contributed by atoms with Crippen LogP contribution in [0.4, 0.5) is 0 Å². The van der Waals surface area contributed by atoms with Gasteiger partial charge in [0.05, 0.1) is 12.1 Å². The van der Waals surface area contributed by atoms with E-state index >= 15 is 0 Å². The van der Waals surface area contributed by atoms with Gasteiger partial charge in [0.15, 0.2) is 0 Å². The van der Waals surface area contributed by atoms with Crippen LogP contribution in [0.25, 0.3) is 0 Å². The number of hydrogen-bond donors (Lipinski definition) is 2. The van der Waals surface area contributed by atoms with Gasteiger partial charge in [0.1, 0.15) is 11.5 Å². The molecule has 0 heterocycles. The van der Waals surface area contributed by atoms with Crippen molar-refractivity contribution in [2.45, 2.75) is 13.1 Å². The third kappa shape index (κ3) is 3.88. The Bertz CT molecular complexity index is 540. The second kappa shape index (κ2) is 6.45. The van der Waals surface area contributed by atoms with E-state index in [1.807, 2.05) is 30.3 Å². The average Bonchev–Trinajstić information content (AvgIpc) is 2.41. The number of methoxy groups -OCH3 is 1. The molecule has 0 amide bonds.